The normalized spacial score (nSPS) is 11.8. The van der Waals surface area contributed by atoms with Crippen molar-refractivity contribution in [1.82, 2.24) is 9.88 Å². The van der Waals surface area contributed by atoms with Crippen molar-refractivity contribution in [2.24, 2.45) is 0 Å². The molecule has 1 heterocycles. The Morgan fingerprint density at radius 2 is 2.11 bits per heavy atom. The van der Waals surface area contributed by atoms with E-state index in [0.29, 0.717) is 18.7 Å². The first-order valence-electron chi connectivity index (χ1n) is 6.23. The van der Waals surface area contributed by atoms with Gasteiger partial charge in [0.05, 0.1) is 18.0 Å². The largest absolute Gasteiger partial charge is 0.393 e. The number of amides is 2. The highest BCUT2D eigenvalue weighted by atomic mass is 16.3. The lowest BCUT2D eigenvalue weighted by molar-refractivity contribution is 0.167. The molecule has 106 valence electrons. The van der Waals surface area contributed by atoms with Gasteiger partial charge in [0, 0.05) is 27.7 Å². The van der Waals surface area contributed by atoms with Gasteiger partial charge < -0.3 is 20.2 Å². The summed E-state index contributed by atoms with van der Waals surface area (Å²) in [4.78, 5) is 19.5. The van der Waals surface area contributed by atoms with Crippen LogP contribution in [-0.4, -0.2) is 54.8 Å². The van der Waals surface area contributed by atoms with Gasteiger partial charge in [-0.25, -0.2) is 9.78 Å². The number of anilines is 2. The molecule has 0 fully saturated rings. The summed E-state index contributed by atoms with van der Waals surface area (Å²) in [6, 6.07) is 3.44. The van der Waals surface area contributed by atoms with E-state index < -0.39 is 6.10 Å². The van der Waals surface area contributed by atoms with Gasteiger partial charge in [-0.15, -0.1) is 0 Å². The van der Waals surface area contributed by atoms with Crippen LogP contribution in [0.4, 0.5) is 16.3 Å². The molecule has 0 saturated carbocycles. The van der Waals surface area contributed by atoms with E-state index in [1.807, 2.05) is 31.1 Å². The minimum Gasteiger partial charge on any atom is -0.393 e. The summed E-state index contributed by atoms with van der Waals surface area (Å²) in [6.07, 6.45) is 1.77. The molecule has 0 bridgehead atoms. The molecule has 0 spiro atoms. The summed E-state index contributed by atoms with van der Waals surface area (Å²) in [6.45, 7) is 2.21. The lowest BCUT2D eigenvalue weighted by Crippen LogP contribution is -2.33. The minimum atomic E-state index is -0.406. The summed E-state index contributed by atoms with van der Waals surface area (Å²) in [5, 5.41) is 11.9. The maximum absolute atomic E-state index is 11.8. The van der Waals surface area contributed by atoms with Crippen molar-refractivity contribution in [1.29, 1.82) is 0 Å². The van der Waals surface area contributed by atoms with Gasteiger partial charge in [-0.2, -0.15) is 0 Å². The van der Waals surface area contributed by atoms with Crippen molar-refractivity contribution in [3.63, 3.8) is 0 Å². The number of aliphatic hydroxyl groups is 1. The Kier molecular flexibility index (Phi) is 5.57. The standard InChI is InChI=1S/C13H22N4O2/c1-10(18)7-8-17(4)13(19)15-11-5-6-12(14-9-11)16(2)3/h5-6,9-10,18H,7-8H2,1-4H3,(H,15,19). The fourth-order valence-corrected chi connectivity index (χ4v) is 1.43. The number of carbonyl (C=O) groups excluding carboxylic acids is 1. The molecule has 19 heavy (non-hydrogen) atoms. The first kappa shape index (κ1) is 15.2. The maximum Gasteiger partial charge on any atom is 0.321 e. The van der Waals surface area contributed by atoms with Gasteiger partial charge in [-0.3, -0.25) is 0 Å². The lowest BCUT2D eigenvalue weighted by Gasteiger charge is -2.19. The Bertz CT molecular complexity index is 404. The number of aliphatic hydroxyl groups excluding tert-OH is 1. The number of urea groups is 1. The number of hydrogen-bond acceptors (Lipinski definition) is 4. The average Bonchev–Trinajstić information content (AvgIpc) is 2.36. The number of pyridine rings is 1. The highest BCUT2D eigenvalue weighted by molar-refractivity contribution is 5.89. The number of nitrogens with one attached hydrogen (secondary N) is 1. The van der Waals surface area contributed by atoms with E-state index in [1.54, 1.807) is 20.2 Å². The summed E-state index contributed by atoms with van der Waals surface area (Å²) in [5.74, 6) is 0.834. The fraction of sp³-hybridized carbons (Fsp3) is 0.538. The maximum atomic E-state index is 11.8. The molecule has 1 aromatic rings. The van der Waals surface area contributed by atoms with E-state index in [1.165, 1.54) is 4.90 Å². The van der Waals surface area contributed by atoms with Crippen molar-refractivity contribution in [3.8, 4) is 0 Å². The van der Waals surface area contributed by atoms with Gasteiger partial charge in [-0.1, -0.05) is 0 Å². The summed E-state index contributed by atoms with van der Waals surface area (Å²) < 4.78 is 0. The van der Waals surface area contributed by atoms with Crippen LogP contribution in [0, 0.1) is 0 Å². The summed E-state index contributed by atoms with van der Waals surface area (Å²) >= 11 is 0. The Hall–Kier alpha value is -1.82. The number of nitrogens with zero attached hydrogens (tertiary/aromatic N) is 3. The number of carbonyl (C=O) groups is 1. The SMILES string of the molecule is CC(O)CCN(C)C(=O)Nc1ccc(N(C)C)nc1. The van der Waals surface area contributed by atoms with Gasteiger partial charge >= 0.3 is 6.03 Å². The molecule has 0 aliphatic rings. The molecule has 6 nitrogen and oxygen atoms in total. The van der Waals surface area contributed by atoms with Crippen LogP contribution in [0.25, 0.3) is 0 Å². The first-order valence-corrected chi connectivity index (χ1v) is 6.23. The molecule has 0 aliphatic carbocycles. The Morgan fingerprint density at radius 1 is 1.42 bits per heavy atom. The van der Waals surface area contributed by atoms with Gasteiger partial charge in [0.25, 0.3) is 0 Å². The van der Waals surface area contributed by atoms with E-state index >= 15 is 0 Å². The Morgan fingerprint density at radius 3 is 2.58 bits per heavy atom. The smallest absolute Gasteiger partial charge is 0.321 e. The third-order valence-electron chi connectivity index (χ3n) is 2.69. The molecular formula is C13H22N4O2. The Labute approximate surface area is 114 Å². The predicted octanol–water partition coefficient (Wildman–Crippen LogP) is 1.38. The van der Waals surface area contributed by atoms with Crippen LogP contribution < -0.4 is 10.2 Å². The van der Waals surface area contributed by atoms with Crippen molar-refractivity contribution in [2.75, 3.05) is 37.9 Å². The van der Waals surface area contributed by atoms with Crippen LogP contribution in [0.2, 0.25) is 0 Å². The quantitative estimate of drug-likeness (QED) is 0.845. The molecule has 0 aromatic carbocycles. The van der Waals surface area contributed by atoms with Gasteiger partial charge in [0.1, 0.15) is 5.82 Å². The van der Waals surface area contributed by atoms with Crippen molar-refractivity contribution >= 4 is 17.5 Å². The van der Waals surface area contributed by atoms with E-state index in [9.17, 15) is 9.90 Å². The minimum absolute atomic E-state index is 0.208. The van der Waals surface area contributed by atoms with Crippen molar-refractivity contribution in [3.05, 3.63) is 18.3 Å². The molecule has 0 aliphatic heterocycles. The predicted molar refractivity (Wildman–Crippen MR) is 76.5 cm³/mol. The molecule has 1 rings (SSSR count). The number of rotatable bonds is 5. The van der Waals surface area contributed by atoms with Crippen LogP contribution in [0.1, 0.15) is 13.3 Å². The molecule has 2 N–H and O–H groups in total. The van der Waals surface area contributed by atoms with Gasteiger partial charge in [0.15, 0.2) is 0 Å². The molecule has 0 saturated heterocycles. The highest BCUT2D eigenvalue weighted by Gasteiger charge is 2.10. The average molecular weight is 266 g/mol. The van der Waals surface area contributed by atoms with E-state index in [4.69, 9.17) is 0 Å². The highest BCUT2D eigenvalue weighted by Crippen LogP contribution is 2.12. The lowest BCUT2D eigenvalue weighted by atomic mass is 10.3. The third-order valence-corrected chi connectivity index (χ3v) is 2.69. The van der Waals surface area contributed by atoms with Crippen LogP contribution in [0.15, 0.2) is 18.3 Å². The van der Waals surface area contributed by atoms with E-state index in [-0.39, 0.29) is 6.03 Å². The zero-order valence-electron chi connectivity index (χ0n) is 11.9. The van der Waals surface area contributed by atoms with Crippen LogP contribution in [0.5, 0.6) is 0 Å². The second-order valence-electron chi connectivity index (χ2n) is 4.79. The molecule has 6 heteroatoms. The second kappa shape index (κ2) is 6.94. The van der Waals surface area contributed by atoms with Crippen molar-refractivity contribution in [2.45, 2.75) is 19.4 Å². The first-order chi connectivity index (χ1) is 8.90. The molecule has 1 atom stereocenters. The molecule has 0 radical (unpaired) electrons. The zero-order chi connectivity index (χ0) is 14.4. The fourth-order valence-electron chi connectivity index (χ4n) is 1.43. The molecule has 1 aromatic heterocycles. The molecule has 1 unspecified atom stereocenters. The van der Waals surface area contributed by atoms with Crippen LogP contribution in [-0.2, 0) is 0 Å². The van der Waals surface area contributed by atoms with Crippen LogP contribution >= 0.6 is 0 Å². The van der Waals surface area contributed by atoms with Gasteiger partial charge in [-0.05, 0) is 25.5 Å². The topological polar surface area (TPSA) is 68.7 Å². The van der Waals surface area contributed by atoms with E-state index in [0.717, 1.165) is 5.82 Å². The van der Waals surface area contributed by atoms with Crippen LogP contribution in [0.3, 0.4) is 0 Å². The van der Waals surface area contributed by atoms with Crippen molar-refractivity contribution < 1.29 is 9.90 Å². The summed E-state index contributed by atoms with van der Waals surface area (Å²) in [7, 11) is 5.51. The monoisotopic (exact) mass is 266 g/mol. The number of aromatic nitrogens is 1. The van der Waals surface area contributed by atoms with E-state index in [2.05, 4.69) is 10.3 Å². The molecular weight excluding hydrogens is 244 g/mol. The Balaban J connectivity index is 2.51. The second-order valence-corrected chi connectivity index (χ2v) is 4.79. The number of hydrogen-bond donors (Lipinski definition) is 2. The third kappa shape index (κ3) is 5.13. The van der Waals surface area contributed by atoms with Gasteiger partial charge in [0.2, 0.25) is 0 Å². The zero-order valence-corrected chi connectivity index (χ0v) is 11.9. The summed E-state index contributed by atoms with van der Waals surface area (Å²) in [5.41, 5.74) is 0.652. The molecule has 2 amide bonds.